The van der Waals surface area contributed by atoms with Crippen LogP contribution in [0.15, 0.2) is 35.5 Å². The standard InChI is InChI=1S/C7H6BrNO/c8-7(9-10)6-4-2-1-3-5-6/h1-5,10H/b9-7-. The second kappa shape index (κ2) is 3.37. The van der Waals surface area contributed by atoms with Gasteiger partial charge in [-0.25, -0.2) is 0 Å². The monoisotopic (exact) mass is 199 g/mol. The molecule has 1 rings (SSSR count). The minimum absolute atomic E-state index is 0.452. The highest BCUT2D eigenvalue weighted by molar-refractivity contribution is 9.18. The lowest BCUT2D eigenvalue weighted by molar-refractivity contribution is 0.321. The Morgan fingerprint density at radius 3 is 2.40 bits per heavy atom. The fraction of sp³-hybridized carbons (Fsp3) is 0. The van der Waals surface area contributed by atoms with Crippen LogP contribution in [0, 0.1) is 0 Å². The van der Waals surface area contributed by atoms with E-state index in [0.29, 0.717) is 4.62 Å². The third kappa shape index (κ3) is 1.57. The lowest BCUT2D eigenvalue weighted by Crippen LogP contribution is -1.87. The lowest BCUT2D eigenvalue weighted by Gasteiger charge is -1.92. The van der Waals surface area contributed by atoms with E-state index in [-0.39, 0.29) is 0 Å². The van der Waals surface area contributed by atoms with E-state index in [1.807, 2.05) is 30.3 Å². The van der Waals surface area contributed by atoms with Gasteiger partial charge in [-0.2, -0.15) is 0 Å². The average molecular weight is 200 g/mol. The summed E-state index contributed by atoms with van der Waals surface area (Å²) in [6.45, 7) is 0. The molecule has 0 heterocycles. The quantitative estimate of drug-likeness (QED) is 0.420. The van der Waals surface area contributed by atoms with Gasteiger partial charge < -0.3 is 5.21 Å². The zero-order chi connectivity index (χ0) is 7.40. The molecule has 0 radical (unpaired) electrons. The van der Waals surface area contributed by atoms with Gasteiger partial charge in [0.1, 0.15) is 0 Å². The molecule has 1 aromatic rings. The second-order valence-corrected chi connectivity index (χ2v) is 2.51. The van der Waals surface area contributed by atoms with Gasteiger partial charge in [0, 0.05) is 5.56 Å². The Bertz CT molecular complexity index is 233. The number of hydrogen-bond acceptors (Lipinski definition) is 2. The molecule has 0 amide bonds. The average Bonchev–Trinajstić information content (AvgIpc) is 2.05. The van der Waals surface area contributed by atoms with Crippen molar-refractivity contribution in [2.24, 2.45) is 5.16 Å². The molecular formula is C7H6BrNO. The Morgan fingerprint density at radius 1 is 1.30 bits per heavy atom. The first-order chi connectivity index (χ1) is 4.84. The molecule has 0 saturated carbocycles. The minimum Gasteiger partial charge on any atom is -0.410 e. The first-order valence-electron chi connectivity index (χ1n) is 2.77. The van der Waals surface area contributed by atoms with Crippen LogP contribution >= 0.6 is 15.9 Å². The van der Waals surface area contributed by atoms with E-state index in [9.17, 15) is 0 Å². The predicted molar refractivity (Wildman–Crippen MR) is 43.7 cm³/mol. The van der Waals surface area contributed by atoms with Gasteiger partial charge in [0.2, 0.25) is 0 Å². The van der Waals surface area contributed by atoms with Crippen molar-refractivity contribution in [1.82, 2.24) is 0 Å². The SMILES string of the molecule is O/N=C(\Br)c1ccccc1. The molecule has 0 aliphatic rings. The molecule has 2 nitrogen and oxygen atoms in total. The van der Waals surface area contributed by atoms with Gasteiger partial charge in [-0.1, -0.05) is 35.5 Å². The van der Waals surface area contributed by atoms with Gasteiger partial charge in [-0.3, -0.25) is 0 Å². The summed E-state index contributed by atoms with van der Waals surface area (Å²) in [5, 5.41) is 11.3. The van der Waals surface area contributed by atoms with Crippen molar-refractivity contribution in [2.75, 3.05) is 0 Å². The van der Waals surface area contributed by atoms with Crippen molar-refractivity contribution in [3.05, 3.63) is 35.9 Å². The van der Waals surface area contributed by atoms with Crippen molar-refractivity contribution in [1.29, 1.82) is 0 Å². The van der Waals surface area contributed by atoms with E-state index in [0.717, 1.165) is 5.56 Å². The van der Waals surface area contributed by atoms with Crippen molar-refractivity contribution in [3.8, 4) is 0 Å². The van der Waals surface area contributed by atoms with Crippen molar-refractivity contribution in [2.45, 2.75) is 0 Å². The Morgan fingerprint density at radius 2 is 1.90 bits per heavy atom. The molecule has 1 N–H and O–H groups in total. The minimum atomic E-state index is 0.452. The molecule has 52 valence electrons. The normalized spacial score (nSPS) is 11.5. The van der Waals surface area contributed by atoms with Crippen LogP contribution in [0.5, 0.6) is 0 Å². The molecule has 0 aliphatic carbocycles. The van der Waals surface area contributed by atoms with E-state index >= 15 is 0 Å². The second-order valence-electron chi connectivity index (χ2n) is 1.76. The van der Waals surface area contributed by atoms with Gasteiger partial charge in [0.25, 0.3) is 0 Å². The van der Waals surface area contributed by atoms with Crippen molar-refractivity contribution >= 4 is 20.6 Å². The number of hydrogen-bond donors (Lipinski definition) is 1. The Kier molecular flexibility index (Phi) is 2.45. The van der Waals surface area contributed by atoms with E-state index in [4.69, 9.17) is 5.21 Å². The van der Waals surface area contributed by atoms with Crippen LogP contribution < -0.4 is 0 Å². The highest BCUT2D eigenvalue weighted by atomic mass is 79.9. The summed E-state index contributed by atoms with van der Waals surface area (Å²) in [5.74, 6) is 0. The zero-order valence-electron chi connectivity index (χ0n) is 5.16. The maximum Gasteiger partial charge on any atom is 0.152 e. The summed E-state index contributed by atoms with van der Waals surface area (Å²) in [5.41, 5.74) is 0.866. The summed E-state index contributed by atoms with van der Waals surface area (Å²) >= 11 is 3.08. The molecule has 0 saturated heterocycles. The topological polar surface area (TPSA) is 32.6 Å². The van der Waals surface area contributed by atoms with Gasteiger partial charge in [0.15, 0.2) is 4.62 Å². The van der Waals surface area contributed by atoms with E-state index in [2.05, 4.69) is 21.1 Å². The number of benzene rings is 1. The summed E-state index contributed by atoms with van der Waals surface area (Å²) in [6.07, 6.45) is 0. The van der Waals surface area contributed by atoms with Gasteiger partial charge in [0.05, 0.1) is 0 Å². The third-order valence-electron chi connectivity index (χ3n) is 1.10. The van der Waals surface area contributed by atoms with Crippen LogP contribution in [0.4, 0.5) is 0 Å². The largest absolute Gasteiger partial charge is 0.410 e. The molecular weight excluding hydrogens is 194 g/mol. The van der Waals surface area contributed by atoms with Gasteiger partial charge in [-0.15, -0.1) is 0 Å². The summed E-state index contributed by atoms with van der Waals surface area (Å²) in [6, 6.07) is 9.36. The third-order valence-corrected chi connectivity index (χ3v) is 1.72. The molecule has 0 unspecified atom stereocenters. The van der Waals surface area contributed by atoms with Crippen LogP contribution in [0.3, 0.4) is 0 Å². The van der Waals surface area contributed by atoms with Crippen LogP contribution in [0.2, 0.25) is 0 Å². The van der Waals surface area contributed by atoms with Crippen LogP contribution in [-0.4, -0.2) is 9.83 Å². The number of halogens is 1. The molecule has 3 heteroatoms. The molecule has 10 heavy (non-hydrogen) atoms. The zero-order valence-corrected chi connectivity index (χ0v) is 6.75. The highest BCUT2D eigenvalue weighted by Crippen LogP contribution is 2.04. The molecule has 0 bridgehead atoms. The fourth-order valence-electron chi connectivity index (χ4n) is 0.633. The fourth-order valence-corrected chi connectivity index (χ4v) is 0.898. The summed E-state index contributed by atoms with van der Waals surface area (Å²) in [4.78, 5) is 0. The Balaban J connectivity index is 2.96. The van der Waals surface area contributed by atoms with E-state index in [1.54, 1.807) is 0 Å². The number of oxime groups is 1. The smallest absolute Gasteiger partial charge is 0.152 e. The highest BCUT2D eigenvalue weighted by Gasteiger charge is 1.94. The van der Waals surface area contributed by atoms with Crippen molar-refractivity contribution < 1.29 is 5.21 Å². The van der Waals surface area contributed by atoms with E-state index in [1.165, 1.54) is 0 Å². The van der Waals surface area contributed by atoms with Crippen LogP contribution in [-0.2, 0) is 0 Å². The van der Waals surface area contributed by atoms with Crippen molar-refractivity contribution in [3.63, 3.8) is 0 Å². The lowest BCUT2D eigenvalue weighted by atomic mass is 10.2. The first kappa shape index (κ1) is 7.28. The maximum absolute atomic E-state index is 8.33. The summed E-state index contributed by atoms with van der Waals surface area (Å²) in [7, 11) is 0. The first-order valence-corrected chi connectivity index (χ1v) is 3.57. The molecule has 0 spiro atoms. The number of nitrogens with zero attached hydrogens (tertiary/aromatic N) is 1. The molecule has 0 atom stereocenters. The molecule has 0 fully saturated rings. The Hall–Kier alpha value is -0.830. The van der Waals surface area contributed by atoms with Crippen LogP contribution in [0.1, 0.15) is 5.56 Å². The van der Waals surface area contributed by atoms with Gasteiger partial charge >= 0.3 is 0 Å². The van der Waals surface area contributed by atoms with Crippen LogP contribution in [0.25, 0.3) is 0 Å². The molecule has 0 aliphatic heterocycles. The number of rotatable bonds is 1. The van der Waals surface area contributed by atoms with Gasteiger partial charge in [-0.05, 0) is 15.9 Å². The summed E-state index contributed by atoms with van der Waals surface area (Å²) < 4.78 is 0.452. The van der Waals surface area contributed by atoms with E-state index < -0.39 is 0 Å². The maximum atomic E-state index is 8.33. The predicted octanol–water partition coefficient (Wildman–Crippen LogP) is 2.22. The Labute approximate surface area is 67.3 Å². The molecule has 0 aromatic heterocycles. The molecule has 1 aromatic carbocycles.